The second kappa shape index (κ2) is 16.5. The molecular formula is C47H74O17. The lowest BCUT2D eigenvalue weighted by molar-refractivity contribution is -0.386. The van der Waals surface area contributed by atoms with E-state index in [-0.39, 0.29) is 39.8 Å². The van der Waals surface area contributed by atoms with E-state index in [0.29, 0.717) is 19.3 Å². The first-order valence-electron chi connectivity index (χ1n) is 23.4. The van der Waals surface area contributed by atoms with Crippen LogP contribution in [0.15, 0.2) is 11.6 Å². The number of aliphatic hydroxyl groups excluding tert-OH is 8. The van der Waals surface area contributed by atoms with Crippen LogP contribution in [0.3, 0.4) is 0 Å². The number of hydrogen-bond donors (Lipinski definition) is 9. The van der Waals surface area contributed by atoms with Gasteiger partial charge in [-0.15, -0.1) is 0 Å². The summed E-state index contributed by atoms with van der Waals surface area (Å²) in [5, 5.41) is 97.2. The summed E-state index contributed by atoms with van der Waals surface area (Å²) < 4.78 is 36.1. The maximum absolute atomic E-state index is 14.4. The van der Waals surface area contributed by atoms with Crippen LogP contribution >= 0.6 is 0 Å². The molecule has 4 saturated carbocycles. The van der Waals surface area contributed by atoms with E-state index < -0.39 is 127 Å². The van der Waals surface area contributed by atoms with Crippen LogP contribution in [0.25, 0.3) is 0 Å². The molecule has 9 N–H and O–H groups in total. The van der Waals surface area contributed by atoms with Crippen molar-refractivity contribution in [3.8, 4) is 0 Å². The van der Waals surface area contributed by atoms with Crippen LogP contribution in [0.1, 0.15) is 114 Å². The molecule has 64 heavy (non-hydrogen) atoms. The van der Waals surface area contributed by atoms with Crippen LogP contribution < -0.4 is 0 Å². The van der Waals surface area contributed by atoms with Gasteiger partial charge in [0.2, 0.25) is 0 Å². The van der Waals surface area contributed by atoms with Crippen LogP contribution in [-0.4, -0.2) is 163 Å². The third-order valence-corrected chi connectivity index (χ3v) is 18.8. The van der Waals surface area contributed by atoms with Crippen molar-refractivity contribution in [2.45, 2.75) is 212 Å². The summed E-state index contributed by atoms with van der Waals surface area (Å²) in [5.41, 5.74) is -0.974. The zero-order chi connectivity index (χ0) is 47.0. The zero-order valence-electron chi connectivity index (χ0n) is 38.7. The van der Waals surface area contributed by atoms with E-state index in [9.17, 15) is 55.5 Å². The summed E-state index contributed by atoms with van der Waals surface area (Å²) in [6.45, 7) is 18.6. The van der Waals surface area contributed by atoms with E-state index in [4.69, 9.17) is 28.4 Å². The van der Waals surface area contributed by atoms with E-state index in [0.717, 1.165) is 32.1 Å². The normalized spacial score (nSPS) is 54.7. The molecule has 17 heteroatoms. The molecule has 5 aliphatic carbocycles. The van der Waals surface area contributed by atoms with Crippen molar-refractivity contribution in [1.29, 1.82) is 0 Å². The second-order valence-corrected chi connectivity index (χ2v) is 23.2. The Labute approximate surface area is 375 Å². The van der Waals surface area contributed by atoms with Crippen LogP contribution in [0.4, 0.5) is 0 Å². The molecule has 8 rings (SSSR count). The van der Waals surface area contributed by atoms with E-state index in [2.05, 4.69) is 54.5 Å². The van der Waals surface area contributed by atoms with Crippen molar-refractivity contribution >= 4 is 11.8 Å². The monoisotopic (exact) mass is 910 g/mol. The molecule has 0 radical (unpaired) electrons. The number of Topliss-reactive ketones (excluding diaryl/α,β-unsaturated/α-hetero) is 1. The molecule has 23 atom stereocenters. The molecule has 3 saturated heterocycles. The van der Waals surface area contributed by atoms with E-state index in [1.165, 1.54) is 12.5 Å². The molecule has 364 valence electrons. The highest BCUT2D eigenvalue weighted by molar-refractivity contribution is 5.89. The number of aliphatic hydroxyl groups is 8. The van der Waals surface area contributed by atoms with Gasteiger partial charge in [0.1, 0.15) is 60.7 Å². The van der Waals surface area contributed by atoms with Gasteiger partial charge in [-0.25, -0.2) is 4.79 Å². The standard InChI is InChI=1S/C47H74O17/c1-20-29(51)31(53)34(56)39(60-20)63-36-30(52)23(48)19-59-40(36)64-37-33(55)32(54)35(38(57)58)62-41(37)61-28-13-14-44(6)24(43(28,4)5)12-15-45(7)25(44)11-10-21-22-16-42(2,3)17-26(49)47(22,9)27(50)18-46(21,45)8/h10,20,22-26,28-37,39-41,48-49,51-56H,11-19H2,1-9H3,(H,57,58)/t20-,22-,23+,24-,25+,26-,28-,29-,30-,31+,32-,33-,34+,35-,36+,37+,39-,40-,41+,44-,45+,46+,47+/m0/s1. The van der Waals surface area contributed by atoms with Gasteiger partial charge < -0.3 is 74.4 Å². The molecule has 3 heterocycles. The van der Waals surface area contributed by atoms with Gasteiger partial charge in [-0.1, -0.05) is 60.1 Å². The maximum Gasteiger partial charge on any atom is 0.335 e. The predicted octanol–water partition coefficient (Wildman–Crippen LogP) is 1.55. The van der Waals surface area contributed by atoms with Crippen molar-refractivity contribution in [3.05, 3.63) is 11.6 Å². The van der Waals surface area contributed by atoms with Gasteiger partial charge in [-0.2, -0.15) is 0 Å². The fourth-order valence-electron chi connectivity index (χ4n) is 14.7. The van der Waals surface area contributed by atoms with Gasteiger partial charge in [-0.3, -0.25) is 4.79 Å². The highest BCUT2D eigenvalue weighted by Crippen LogP contribution is 2.75. The maximum atomic E-state index is 14.4. The Balaban J connectivity index is 1.05. The number of rotatable bonds is 7. The Morgan fingerprint density at radius 2 is 1.38 bits per heavy atom. The fraction of sp³-hybridized carbons (Fsp3) is 0.915. The zero-order valence-corrected chi connectivity index (χ0v) is 38.7. The van der Waals surface area contributed by atoms with Gasteiger partial charge >= 0.3 is 5.97 Å². The number of allylic oxidation sites excluding steroid dienone is 2. The molecule has 0 aromatic heterocycles. The summed E-state index contributed by atoms with van der Waals surface area (Å²) in [6, 6.07) is 0. The molecular weight excluding hydrogens is 837 g/mol. The molecule has 0 aromatic rings. The Morgan fingerprint density at radius 1 is 0.719 bits per heavy atom. The Bertz CT molecular complexity index is 1820. The van der Waals surface area contributed by atoms with Gasteiger partial charge in [0.15, 0.2) is 25.0 Å². The van der Waals surface area contributed by atoms with E-state index >= 15 is 0 Å². The largest absolute Gasteiger partial charge is 0.479 e. The summed E-state index contributed by atoms with van der Waals surface area (Å²) in [5.74, 6) is -1.12. The number of ether oxygens (including phenoxy) is 6. The van der Waals surface area contributed by atoms with Crippen LogP contribution in [0.2, 0.25) is 0 Å². The number of carboxylic acid groups (broad SMARTS) is 1. The van der Waals surface area contributed by atoms with Gasteiger partial charge in [0.05, 0.1) is 30.3 Å². The minimum atomic E-state index is -1.99. The van der Waals surface area contributed by atoms with Crippen molar-refractivity contribution in [2.75, 3.05) is 6.61 Å². The molecule has 3 aliphatic heterocycles. The molecule has 0 amide bonds. The number of carbonyl (C=O) groups is 2. The minimum Gasteiger partial charge on any atom is -0.479 e. The highest BCUT2D eigenvalue weighted by atomic mass is 16.8. The number of ketones is 1. The number of carboxylic acids is 1. The average molecular weight is 911 g/mol. The van der Waals surface area contributed by atoms with Crippen molar-refractivity contribution in [1.82, 2.24) is 0 Å². The third kappa shape index (κ3) is 7.32. The fourth-order valence-corrected chi connectivity index (χ4v) is 14.7. The Hall–Kier alpha value is -1.68. The molecule has 7 fully saturated rings. The first-order chi connectivity index (χ1) is 29.6. The predicted molar refractivity (Wildman–Crippen MR) is 224 cm³/mol. The number of carbonyl (C=O) groups excluding carboxylic acids is 1. The van der Waals surface area contributed by atoms with Crippen molar-refractivity contribution in [2.24, 2.45) is 50.2 Å². The summed E-state index contributed by atoms with van der Waals surface area (Å²) in [7, 11) is 0. The van der Waals surface area contributed by atoms with Gasteiger partial charge in [-0.05, 0) is 98.2 Å². The molecule has 17 nitrogen and oxygen atoms in total. The summed E-state index contributed by atoms with van der Waals surface area (Å²) in [6.07, 6.45) is -16.4. The first kappa shape index (κ1) is 48.8. The third-order valence-electron chi connectivity index (χ3n) is 18.8. The average Bonchev–Trinajstić information content (AvgIpc) is 3.20. The highest BCUT2D eigenvalue weighted by Gasteiger charge is 2.71. The lowest BCUT2D eigenvalue weighted by atomic mass is 9.33. The molecule has 0 unspecified atom stereocenters. The summed E-state index contributed by atoms with van der Waals surface area (Å²) >= 11 is 0. The van der Waals surface area contributed by atoms with Crippen LogP contribution in [-0.2, 0) is 38.0 Å². The molecule has 0 spiro atoms. The SMILES string of the molecule is C[C@@H]1O[C@@H](O[C@H]2[C@H](O[C@H]3[C@H](O[C@H]4CC[C@]5(C)[C@H]6CC=C7[C@@H]8CC(C)(C)C[C@H](O)[C@]8(C)C(=O)C[C@@]7(C)[C@]6(C)CC[C@H]5C4(C)C)O[C@H](C(=O)O)[C@@H](O)[C@@H]3O)OC[C@@H](O)[C@@H]2O)[C@H](O)[C@H](O)[C@H]1O. The smallest absolute Gasteiger partial charge is 0.335 e. The van der Waals surface area contributed by atoms with E-state index in [1.807, 2.05) is 6.92 Å². The Morgan fingerprint density at radius 3 is 2.05 bits per heavy atom. The van der Waals surface area contributed by atoms with Crippen LogP contribution in [0.5, 0.6) is 0 Å². The second-order valence-electron chi connectivity index (χ2n) is 23.2. The number of fused-ring (bicyclic) bond motifs is 7. The van der Waals surface area contributed by atoms with Crippen LogP contribution in [0, 0.1) is 50.2 Å². The van der Waals surface area contributed by atoms with Crippen molar-refractivity contribution < 1.29 is 84.0 Å². The Kier molecular flexibility index (Phi) is 12.6. The molecule has 8 aliphatic rings. The topological polar surface area (TPSA) is 272 Å². The molecule has 0 aromatic carbocycles. The minimum absolute atomic E-state index is 0.0393. The lowest BCUT2D eigenvalue weighted by Gasteiger charge is -2.71. The molecule has 0 bridgehead atoms. The van der Waals surface area contributed by atoms with E-state index in [1.54, 1.807) is 0 Å². The summed E-state index contributed by atoms with van der Waals surface area (Å²) in [4.78, 5) is 26.8. The number of aliphatic carboxylic acids is 1. The first-order valence-corrected chi connectivity index (χ1v) is 23.4. The van der Waals surface area contributed by atoms with Gasteiger partial charge in [0, 0.05) is 11.8 Å². The lowest BCUT2D eigenvalue weighted by Crippen LogP contribution is -2.68. The van der Waals surface area contributed by atoms with Gasteiger partial charge in [0.25, 0.3) is 0 Å². The quantitative estimate of drug-likeness (QED) is 0.130. The number of hydrogen-bond acceptors (Lipinski definition) is 16. The van der Waals surface area contributed by atoms with Crippen molar-refractivity contribution in [3.63, 3.8) is 0 Å².